The van der Waals surface area contributed by atoms with Crippen molar-refractivity contribution in [1.29, 1.82) is 0 Å². The van der Waals surface area contributed by atoms with E-state index in [1.54, 1.807) is 10.7 Å². The van der Waals surface area contributed by atoms with Crippen molar-refractivity contribution in [2.75, 3.05) is 0 Å². The predicted molar refractivity (Wildman–Crippen MR) is 66.6 cm³/mol. The van der Waals surface area contributed by atoms with Gasteiger partial charge in [-0.15, -0.1) is 5.10 Å². The summed E-state index contributed by atoms with van der Waals surface area (Å²) in [6.07, 6.45) is 3.02. The van der Waals surface area contributed by atoms with E-state index >= 15 is 0 Å². The van der Waals surface area contributed by atoms with Gasteiger partial charge in [0.2, 0.25) is 9.05 Å². The normalized spacial score (nSPS) is 12.2. The van der Waals surface area contributed by atoms with Crippen LogP contribution < -0.4 is 0 Å². The minimum absolute atomic E-state index is 0.0502. The molecule has 0 amide bonds. The van der Waals surface area contributed by atoms with E-state index in [0.29, 0.717) is 11.4 Å². The molecule has 0 aromatic carbocycles. The van der Waals surface area contributed by atoms with Gasteiger partial charge in [-0.3, -0.25) is 0 Å². The van der Waals surface area contributed by atoms with E-state index in [1.165, 1.54) is 12.5 Å². The molecule has 0 saturated heterocycles. The summed E-state index contributed by atoms with van der Waals surface area (Å²) in [4.78, 5) is 0. The maximum atomic E-state index is 11.2. The predicted octanol–water partition coefficient (Wildman–Crippen LogP) is 2.19. The van der Waals surface area contributed by atoms with E-state index in [4.69, 9.17) is 15.1 Å². The van der Waals surface area contributed by atoms with Crippen LogP contribution in [0, 0.1) is 0 Å². The largest absolute Gasteiger partial charge is 0.472 e. The third-order valence-electron chi connectivity index (χ3n) is 2.36. The second-order valence-electron chi connectivity index (χ2n) is 4.12. The number of hydrogen-bond acceptors (Lipinski definition) is 5. The van der Waals surface area contributed by atoms with Gasteiger partial charge >= 0.3 is 0 Å². The highest BCUT2D eigenvalue weighted by Crippen LogP contribution is 2.27. The molecule has 0 unspecified atom stereocenters. The summed E-state index contributed by atoms with van der Waals surface area (Å²) in [7, 11) is 1.58. The number of halogens is 1. The molecule has 18 heavy (non-hydrogen) atoms. The lowest BCUT2D eigenvalue weighted by molar-refractivity contribution is 0.518. The maximum absolute atomic E-state index is 11.2. The van der Waals surface area contributed by atoms with Gasteiger partial charge in [0.1, 0.15) is 11.4 Å². The van der Waals surface area contributed by atoms with Crippen LogP contribution in [0.25, 0.3) is 11.3 Å². The van der Waals surface area contributed by atoms with Gasteiger partial charge in [-0.2, -0.15) is 0 Å². The van der Waals surface area contributed by atoms with Crippen LogP contribution in [0.2, 0.25) is 0 Å². The number of furan rings is 1. The van der Waals surface area contributed by atoms with Gasteiger partial charge in [-0.1, -0.05) is 5.21 Å². The van der Waals surface area contributed by atoms with Crippen LogP contribution in [0.15, 0.2) is 23.0 Å². The van der Waals surface area contributed by atoms with Crippen molar-refractivity contribution in [2.24, 2.45) is 0 Å². The lowest BCUT2D eigenvalue weighted by Crippen LogP contribution is -2.05. The van der Waals surface area contributed by atoms with E-state index in [1.807, 2.05) is 13.8 Å². The fourth-order valence-corrected chi connectivity index (χ4v) is 2.48. The standard InChI is InChI=1S/C10H12ClN3O3S/c1-7(2)14-10(8-3-4-17-5-8)9(12-13-14)6-18(11,15)16/h3-5,7H,6H2,1-2H3. The Hall–Kier alpha value is -1.34. The van der Waals surface area contributed by atoms with Crippen LogP contribution in [0.5, 0.6) is 0 Å². The SMILES string of the molecule is CC(C)n1nnc(CS(=O)(=O)Cl)c1-c1ccoc1. The lowest BCUT2D eigenvalue weighted by atomic mass is 10.2. The molecule has 2 rings (SSSR count). The molecule has 0 radical (unpaired) electrons. The average molecular weight is 290 g/mol. The molecule has 6 nitrogen and oxygen atoms in total. The first kappa shape index (κ1) is 13.1. The fourth-order valence-electron chi connectivity index (χ4n) is 1.65. The van der Waals surface area contributed by atoms with Crippen molar-refractivity contribution in [1.82, 2.24) is 15.0 Å². The van der Waals surface area contributed by atoms with Gasteiger partial charge in [0.25, 0.3) is 0 Å². The van der Waals surface area contributed by atoms with Crippen LogP contribution in [-0.2, 0) is 14.8 Å². The minimum atomic E-state index is -3.68. The van der Waals surface area contributed by atoms with Gasteiger partial charge in [-0.05, 0) is 19.9 Å². The summed E-state index contributed by atoms with van der Waals surface area (Å²) in [6.45, 7) is 3.86. The Morgan fingerprint density at radius 3 is 2.72 bits per heavy atom. The van der Waals surface area contributed by atoms with E-state index in [0.717, 1.165) is 5.56 Å². The molecule has 0 aliphatic heterocycles. The molecule has 0 N–H and O–H groups in total. The fraction of sp³-hybridized carbons (Fsp3) is 0.400. The maximum Gasteiger partial charge on any atom is 0.238 e. The third-order valence-corrected chi connectivity index (χ3v) is 3.30. The molecule has 98 valence electrons. The summed E-state index contributed by atoms with van der Waals surface area (Å²) in [6, 6.07) is 1.77. The van der Waals surface area contributed by atoms with Gasteiger partial charge in [0.15, 0.2) is 0 Å². The van der Waals surface area contributed by atoms with Gasteiger partial charge in [0.05, 0.1) is 18.2 Å². The lowest BCUT2D eigenvalue weighted by Gasteiger charge is -2.08. The number of aromatic nitrogens is 3. The Kier molecular flexibility index (Phi) is 3.45. The Bertz CT molecular complexity index is 631. The summed E-state index contributed by atoms with van der Waals surface area (Å²) >= 11 is 0. The molecular weight excluding hydrogens is 278 g/mol. The zero-order valence-corrected chi connectivity index (χ0v) is 11.4. The molecule has 2 heterocycles. The van der Waals surface area contributed by atoms with Crippen molar-refractivity contribution in [3.05, 3.63) is 24.3 Å². The van der Waals surface area contributed by atoms with Crippen molar-refractivity contribution in [3.8, 4) is 11.3 Å². The molecule has 0 fully saturated rings. The summed E-state index contributed by atoms with van der Waals surface area (Å²) < 4.78 is 29.0. The molecule has 2 aromatic heterocycles. The van der Waals surface area contributed by atoms with Crippen LogP contribution in [0.3, 0.4) is 0 Å². The van der Waals surface area contributed by atoms with Gasteiger partial charge in [0, 0.05) is 22.3 Å². The Labute approximate surface area is 109 Å². The monoisotopic (exact) mass is 289 g/mol. The van der Waals surface area contributed by atoms with Crippen molar-refractivity contribution in [2.45, 2.75) is 25.6 Å². The van der Waals surface area contributed by atoms with E-state index < -0.39 is 9.05 Å². The Balaban J connectivity index is 2.55. The first-order chi connectivity index (χ1) is 8.38. The zero-order valence-electron chi connectivity index (χ0n) is 9.87. The minimum Gasteiger partial charge on any atom is -0.472 e. The second-order valence-corrected chi connectivity index (χ2v) is 6.90. The van der Waals surface area contributed by atoms with Crippen molar-refractivity contribution in [3.63, 3.8) is 0 Å². The smallest absolute Gasteiger partial charge is 0.238 e. The molecule has 0 aliphatic rings. The van der Waals surface area contributed by atoms with Crippen LogP contribution in [0.4, 0.5) is 0 Å². The molecule has 8 heteroatoms. The van der Waals surface area contributed by atoms with Crippen LogP contribution in [-0.4, -0.2) is 23.4 Å². The van der Waals surface area contributed by atoms with E-state index in [9.17, 15) is 8.42 Å². The zero-order chi connectivity index (χ0) is 13.3. The first-order valence-electron chi connectivity index (χ1n) is 5.27. The van der Waals surface area contributed by atoms with Crippen LogP contribution in [0.1, 0.15) is 25.6 Å². The molecule has 0 bridgehead atoms. The number of rotatable bonds is 4. The molecule has 0 saturated carbocycles. The van der Waals surface area contributed by atoms with E-state index in [-0.39, 0.29) is 11.8 Å². The van der Waals surface area contributed by atoms with Crippen molar-refractivity contribution < 1.29 is 12.8 Å². The second kappa shape index (κ2) is 4.74. The van der Waals surface area contributed by atoms with E-state index in [2.05, 4.69) is 10.3 Å². The topological polar surface area (TPSA) is 78.0 Å². The molecule has 0 atom stereocenters. The molecule has 2 aromatic rings. The van der Waals surface area contributed by atoms with Crippen molar-refractivity contribution >= 4 is 19.7 Å². The highest BCUT2D eigenvalue weighted by Gasteiger charge is 2.21. The summed E-state index contributed by atoms with van der Waals surface area (Å²) in [5, 5.41) is 7.84. The molecule has 0 spiro atoms. The average Bonchev–Trinajstić information content (AvgIpc) is 2.81. The Morgan fingerprint density at radius 1 is 1.50 bits per heavy atom. The highest BCUT2D eigenvalue weighted by atomic mass is 35.7. The van der Waals surface area contributed by atoms with Gasteiger partial charge in [-0.25, -0.2) is 13.1 Å². The van der Waals surface area contributed by atoms with Crippen LogP contribution >= 0.6 is 10.7 Å². The summed E-state index contributed by atoms with van der Waals surface area (Å²) in [5.74, 6) is -0.359. The van der Waals surface area contributed by atoms with Gasteiger partial charge < -0.3 is 4.42 Å². The summed E-state index contributed by atoms with van der Waals surface area (Å²) in [5.41, 5.74) is 1.66. The third kappa shape index (κ3) is 2.73. The molecular formula is C10H12ClN3O3S. The molecule has 0 aliphatic carbocycles. The number of hydrogen-bond donors (Lipinski definition) is 0. The highest BCUT2D eigenvalue weighted by molar-refractivity contribution is 8.13. The number of nitrogens with zero attached hydrogens (tertiary/aromatic N) is 3. The first-order valence-corrected chi connectivity index (χ1v) is 7.75. The quantitative estimate of drug-likeness (QED) is 0.806. The Morgan fingerprint density at radius 2 is 2.22 bits per heavy atom.